The predicted molar refractivity (Wildman–Crippen MR) is 49.7 cm³/mol. The van der Waals surface area contributed by atoms with Crippen molar-refractivity contribution in [3.8, 4) is 0 Å². The first kappa shape index (κ1) is 8.63. The monoisotopic (exact) mass is 168 g/mol. The van der Waals surface area contributed by atoms with Gasteiger partial charge >= 0.3 is 6.92 Å². The van der Waals surface area contributed by atoms with Gasteiger partial charge in [-0.15, -0.1) is 0 Å². The molecule has 0 unspecified atom stereocenters. The summed E-state index contributed by atoms with van der Waals surface area (Å²) in [5, 5.41) is 9.89. The van der Waals surface area contributed by atoms with E-state index in [2.05, 4.69) is 0 Å². The lowest BCUT2D eigenvalue weighted by Crippen LogP contribution is -2.25. The normalized spacial score (nSPS) is 9.82. The van der Waals surface area contributed by atoms with Crippen LogP contribution in [0.2, 0.25) is 11.8 Å². The lowest BCUT2D eigenvalue weighted by Gasteiger charge is -2.02. The number of hydrogen-bond acceptors (Lipinski definition) is 1. The summed E-state index contributed by atoms with van der Waals surface area (Å²) >= 11 is 5.85. The Kier molecular flexibility index (Phi) is 2.58. The summed E-state index contributed by atoms with van der Waals surface area (Å²) in [6, 6.07) is 5.58. The SMILES string of the molecule is CB(O)c1ccc(C)c(Cl)c1. The van der Waals surface area contributed by atoms with Crippen LogP contribution in [0.25, 0.3) is 0 Å². The maximum absolute atomic E-state index is 9.18. The molecule has 0 heterocycles. The van der Waals surface area contributed by atoms with Gasteiger partial charge in [0.1, 0.15) is 0 Å². The van der Waals surface area contributed by atoms with Gasteiger partial charge in [0.05, 0.1) is 0 Å². The molecule has 11 heavy (non-hydrogen) atoms. The van der Waals surface area contributed by atoms with Crippen molar-refractivity contribution in [2.45, 2.75) is 13.7 Å². The largest absolute Gasteiger partial charge is 0.447 e. The van der Waals surface area contributed by atoms with Crippen molar-refractivity contribution in [3.05, 3.63) is 28.8 Å². The van der Waals surface area contributed by atoms with Crippen LogP contribution in [0.3, 0.4) is 0 Å². The summed E-state index contributed by atoms with van der Waals surface area (Å²) < 4.78 is 0. The smallest absolute Gasteiger partial charge is 0.320 e. The van der Waals surface area contributed by atoms with Crippen molar-refractivity contribution in [1.82, 2.24) is 0 Å². The molecule has 0 saturated heterocycles. The van der Waals surface area contributed by atoms with Crippen LogP contribution in [0.15, 0.2) is 18.2 Å². The number of rotatable bonds is 1. The molecule has 0 saturated carbocycles. The Morgan fingerprint density at radius 3 is 2.55 bits per heavy atom. The van der Waals surface area contributed by atoms with Crippen LogP contribution >= 0.6 is 11.6 Å². The Hall–Kier alpha value is -0.465. The molecule has 0 aliphatic heterocycles. The van der Waals surface area contributed by atoms with Crippen LogP contribution in [0.4, 0.5) is 0 Å². The maximum atomic E-state index is 9.18. The Morgan fingerprint density at radius 1 is 1.45 bits per heavy atom. The topological polar surface area (TPSA) is 20.2 Å². The molecule has 0 aliphatic carbocycles. The van der Waals surface area contributed by atoms with E-state index < -0.39 is 6.92 Å². The van der Waals surface area contributed by atoms with Crippen molar-refractivity contribution in [1.29, 1.82) is 0 Å². The van der Waals surface area contributed by atoms with Crippen LogP contribution < -0.4 is 5.46 Å². The number of benzene rings is 1. The van der Waals surface area contributed by atoms with E-state index in [1.165, 1.54) is 0 Å². The van der Waals surface area contributed by atoms with Gasteiger partial charge in [-0.2, -0.15) is 0 Å². The van der Waals surface area contributed by atoms with Gasteiger partial charge in [0.25, 0.3) is 0 Å². The fraction of sp³-hybridized carbons (Fsp3) is 0.250. The van der Waals surface area contributed by atoms with Crippen LogP contribution in [0, 0.1) is 6.92 Å². The highest BCUT2D eigenvalue weighted by molar-refractivity contribution is 6.65. The lowest BCUT2D eigenvalue weighted by atomic mass is 9.64. The van der Waals surface area contributed by atoms with Crippen LogP contribution in [-0.4, -0.2) is 11.9 Å². The molecule has 0 amide bonds. The lowest BCUT2D eigenvalue weighted by molar-refractivity contribution is 0.594. The Morgan fingerprint density at radius 2 is 2.09 bits per heavy atom. The van der Waals surface area contributed by atoms with Crippen LogP contribution in [0.1, 0.15) is 5.56 Å². The molecule has 0 atom stereocenters. The second-order valence-electron chi connectivity index (χ2n) is 2.68. The van der Waals surface area contributed by atoms with Gasteiger partial charge in [0.15, 0.2) is 0 Å². The van der Waals surface area contributed by atoms with E-state index in [1.807, 2.05) is 19.1 Å². The summed E-state index contributed by atoms with van der Waals surface area (Å²) in [5.74, 6) is 0. The minimum absolute atomic E-state index is 0.437. The summed E-state index contributed by atoms with van der Waals surface area (Å²) in [4.78, 5) is 0. The summed E-state index contributed by atoms with van der Waals surface area (Å²) in [6.07, 6.45) is 0. The molecule has 0 fully saturated rings. The first-order chi connectivity index (χ1) is 5.11. The van der Waals surface area contributed by atoms with Gasteiger partial charge in [0, 0.05) is 5.02 Å². The summed E-state index contributed by atoms with van der Waals surface area (Å²) in [5.41, 5.74) is 1.90. The van der Waals surface area contributed by atoms with Gasteiger partial charge in [-0.1, -0.05) is 30.6 Å². The van der Waals surface area contributed by atoms with Gasteiger partial charge in [-0.3, -0.25) is 0 Å². The third kappa shape index (κ3) is 1.98. The summed E-state index contributed by atoms with van der Waals surface area (Å²) in [6.45, 7) is 3.22. The number of hydrogen-bond donors (Lipinski definition) is 1. The zero-order chi connectivity index (χ0) is 8.43. The average Bonchev–Trinajstić information content (AvgIpc) is 1.94. The van der Waals surface area contributed by atoms with Gasteiger partial charge in [0.2, 0.25) is 0 Å². The highest BCUT2D eigenvalue weighted by Crippen LogP contribution is 2.11. The van der Waals surface area contributed by atoms with Crippen LogP contribution in [-0.2, 0) is 0 Å². The molecule has 58 valence electrons. The molecule has 0 aliphatic rings. The molecule has 1 aromatic carbocycles. The molecular weight excluding hydrogens is 158 g/mol. The molecule has 0 spiro atoms. The average molecular weight is 168 g/mol. The van der Waals surface area contributed by atoms with Crippen molar-refractivity contribution >= 4 is 24.0 Å². The minimum atomic E-state index is -0.437. The Balaban J connectivity index is 3.05. The molecule has 1 rings (SSSR count). The van der Waals surface area contributed by atoms with E-state index in [-0.39, 0.29) is 0 Å². The third-order valence-corrected chi connectivity index (χ3v) is 2.09. The molecular formula is C8H10BClO. The van der Waals surface area contributed by atoms with E-state index in [4.69, 9.17) is 11.6 Å². The highest BCUT2D eigenvalue weighted by atomic mass is 35.5. The predicted octanol–water partition coefficient (Wildman–Crippen LogP) is 1.47. The zero-order valence-corrected chi connectivity index (χ0v) is 7.39. The first-order valence-corrected chi connectivity index (χ1v) is 3.93. The third-order valence-electron chi connectivity index (χ3n) is 1.68. The van der Waals surface area contributed by atoms with E-state index in [1.54, 1.807) is 12.9 Å². The van der Waals surface area contributed by atoms with Crippen molar-refractivity contribution in [3.63, 3.8) is 0 Å². The number of aryl methyl sites for hydroxylation is 1. The molecule has 0 bridgehead atoms. The minimum Gasteiger partial charge on any atom is -0.447 e. The van der Waals surface area contributed by atoms with Crippen molar-refractivity contribution in [2.75, 3.05) is 0 Å². The number of halogens is 1. The van der Waals surface area contributed by atoms with Gasteiger partial charge in [-0.05, 0) is 24.0 Å². The van der Waals surface area contributed by atoms with Crippen molar-refractivity contribution in [2.24, 2.45) is 0 Å². The van der Waals surface area contributed by atoms with E-state index in [9.17, 15) is 5.02 Å². The van der Waals surface area contributed by atoms with Crippen molar-refractivity contribution < 1.29 is 5.02 Å². The maximum Gasteiger partial charge on any atom is 0.320 e. The van der Waals surface area contributed by atoms with Gasteiger partial charge < -0.3 is 5.02 Å². The molecule has 0 radical (unpaired) electrons. The van der Waals surface area contributed by atoms with Crippen LogP contribution in [0.5, 0.6) is 0 Å². The van der Waals surface area contributed by atoms with E-state index in [0.29, 0.717) is 5.02 Å². The Labute approximate surface area is 72.1 Å². The first-order valence-electron chi connectivity index (χ1n) is 3.55. The van der Waals surface area contributed by atoms with E-state index in [0.717, 1.165) is 11.0 Å². The molecule has 1 nitrogen and oxygen atoms in total. The fourth-order valence-corrected chi connectivity index (χ4v) is 1.06. The standard InChI is InChI=1S/C8H10BClO/c1-6-3-4-7(9(2)11)5-8(6)10/h3-5,11H,1-2H3. The highest BCUT2D eigenvalue weighted by Gasteiger charge is 2.06. The van der Waals surface area contributed by atoms with E-state index >= 15 is 0 Å². The molecule has 1 N–H and O–H groups in total. The molecule has 1 aromatic rings. The summed E-state index contributed by atoms with van der Waals surface area (Å²) in [7, 11) is 0. The quantitative estimate of drug-likeness (QED) is 0.630. The van der Waals surface area contributed by atoms with Gasteiger partial charge in [-0.25, -0.2) is 0 Å². The molecule has 3 heteroatoms. The zero-order valence-electron chi connectivity index (χ0n) is 6.63. The molecule has 0 aromatic heterocycles. The fourth-order valence-electron chi connectivity index (χ4n) is 0.869. The second-order valence-corrected chi connectivity index (χ2v) is 3.09. The Bertz CT molecular complexity index is 260. The second kappa shape index (κ2) is 3.29.